The average molecular weight is 350 g/mol. The highest BCUT2D eigenvalue weighted by Gasteiger charge is 2.37. The van der Waals surface area contributed by atoms with E-state index in [0.29, 0.717) is 22.8 Å². The van der Waals surface area contributed by atoms with E-state index < -0.39 is 12.0 Å². The highest BCUT2D eigenvalue weighted by atomic mass is 19.4. The minimum Gasteiger partial charge on any atom is -0.310 e. The fourth-order valence-corrected chi connectivity index (χ4v) is 2.37. The van der Waals surface area contributed by atoms with Crippen LogP contribution in [0, 0.1) is 13.8 Å². The molecule has 0 spiro atoms. The highest BCUT2D eigenvalue weighted by molar-refractivity contribution is 5.91. The monoisotopic (exact) mass is 350 g/mol. The number of hydrogen-bond donors (Lipinski definition) is 1. The summed E-state index contributed by atoms with van der Waals surface area (Å²) in [5.74, 6) is -1.40. The summed E-state index contributed by atoms with van der Waals surface area (Å²) in [6.07, 6.45) is -3.20. The topological polar surface area (TPSA) is 85.1 Å². The van der Waals surface area contributed by atoms with E-state index in [9.17, 15) is 18.0 Å². The molecule has 0 atom stereocenters. The molecule has 0 saturated heterocycles. The van der Waals surface area contributed by atoms with E-state index in [0.717, 1.165) is 4.52 Å². The minimum absolute atomic E-state index is 0.0710. The number of pyridine rings is 1. The van der Waals surface area contributed by atoms with Crippen molar-refractivity contribution in [3.05, 3.63) is 47.2 Å². The van der Waals surface area contributed by atoms with Gasteiger partial charge < -0.3 is 5.32 Å². The number of rotatable bonds is 3. The van der Waals surface area contributed by atoms with Crippen molar-refractivity contribution < 1.29 is 18.0 Å². The Morgan fingerprint density at radius 2 is 2.00 bits per heavy atom. The number of halogens is 3. The zero-order valence-electron chi connectivity index (χ0n) is 13.3. The van der Waals surface area contributed by atoms with E-state index in [4.69, 9.17) is 0 Å². The fourth-order valence-electron chi connectivity index (χ4n) is 2.37. The highest BCUT2D eigenvalue weighted by Crippen LogP contribution is 2.27. The number of aryl methyl sites for hydroxylation is 2. The summed E-state index contributed by atoms with van der Waals surface area (Å²) in [6.45, 7) is 3.18. The summed E-state index contributed by atoms with van der Waals surface area (Å²) in [6, 6.07) is 5.07. The zero-order valence-corrected chi connectivity index (χ0v) is 13.3. The second kappa shape index (κ2) is 6.11. The van der Waals surface area contributed by atoms with Gasteiger partial charge in [-0.25, -0.2) is 14.5 Å². The van der Waals surface area contributed by atoms with Crippen LogP contribution in [0.4, 0.5) is 19.0 Å². The smallest absolute Gasteiger partial charge is 0.310 e. The van der Waals surface area contributed by atoms with Gasteiger partial charge in [-0.2, -0.15) is 18.2 Å². The van der Waals surface area contributed by atoms with E-state index >= 15 is 0 Å². The van der Waals surface area contributed by atoms with E-state index in [1.54, 1.807) is 32.0 Å². The third-order valence-corrected chi connectivity index (χ3v) is 3.57. The van der Waals surface area contributed by atoms with Gasteiger partial charge in [0.2, 0.25) is 5.91 Å². The third kappa shape index (κ3) is 3.42. The maximum absolute atomic E-state index is 12.8. The number of fused-ring (bicyclic) bond motifs is 1. The lowest BCUT2D eigenvalue weighted by atomic mass is 10.1. The van der Waals surface area contributed by atoms with Gasteiger partial charge in [0.1, 0.15) is 5.82 Å². The van der Waals surface area contributed by atoms with Crippen LogP contribution in [0.25, 0.3) is 5.78 Å². The lowest BCUT2D eigenvalue weighted by Crippen LogP contribution is -2.18. The van der Waals surface area contributed by atoms with Gasteiger partial charge in [-0.1, -0.05) is 6.07 Å². The minimum atomic E-state index is -4.66. The maximum Gasteiger partial charge on any atom is 0.453 e. The van der Waals surface area contributed by atoms with Crippen LogP contribution < -0.4 is 5.32 Å². The average Bonchev–Trinajstić information content (AvgIpc) is 2.97. The Kier molecular flexibility index (Phi) is 4.11. The first-order chi connectivity index (χ1) is 11.8. The van der Waals surface area contributed by atoms with E-state index in [1.807, 2.05) is 0 Å². The number of alkyl halides is 3. The second-order valence-corrected chi connectivity index (χ2v) is 5.35. The van der Waals surface area contributed by atoms with Crippen LogP contribution in [0.2, 0.25) is 0 Å². The summed E-state index contributed by atoms with van der Waals surface area (Å²) < 4.78 is 39.3. The van der Waals surface area contributed by atoms with Gasteiger partial charge in [-0.15, -0.1) is 5.10 Å². The molecule has 0 aliphatic rings. The quantitative estimate of drug-likeness (QED) is 0.784. The van der Waals surface area contributed by atoms with Gasteiger partial charge in [0, 0.05) is 23.1 Å². The van der Waals surface area contributed by atoms with E-state index in [2.05, 4.69) is 25.4 Å². The molecule has 0 aromatic carbocycles. The first-order valence-corrected chi connectivity index (χ1v) is 7.26. The molecule has 3 rings (SSSR count). The Hall–Kier alpha value is -3.04. The van der Waals surface area contributed by atoms with Crippen LogP contribution in [0.3, 0.4) is 0 Å². The number of amides is 1. The zero-order chi connectivity index (χ0) is 18.2. The molecule has 3 aromatic rings. The Bertz CT molecular complexity index is 936. The van der Waals surface area contributed by atoms with Crippen molar-refractivity contribution in [1.29, 1.82) is 0 Å². The number of carbonyl (C=O) groups excluding carboxylic acids is 1. The Morgan fingerprint density at radius 3 is 2.64 bits per heavy atom. The molecule has 0 bridgehead atoms. The molecule has 3 aromatic heterocycles. The van der Waals surface area contributed by atoms with Crippen LogP contribution in [-0.4, -0.2) is 30.5 Å². The summed E-state index contributed by atoms with van der Waals surface area (Å²) >= 11 is 0. The molecule has 0 unspecified atom stereocenters. The molecule has 3 heterocycles. The molecule has 1 amide bonds. The van der Waals surface area contributed by atoms with Crippen LogP contribution in [0.1, 0.15) is 22.8 Å². The summed E-state index contributed by atoms with van der Waals surface area (Å²) in [4.78, 5) is 23.6. The number of nitrogens with one attached hydrogen (secondary N) is 1. The second-order valence-electron chi connectivity index (χ2n) is 5.35. The van der Waals surface area contributed by atoms with Gasteiger partial charge in [-0.05, 0) is 26.0 Å². The third-order valence-electron chi connectivity index (χ3n) is 3.57. The molecule has 0 fully saturated rings. The molecule has 0 aliphatic heterocycles. The molecule has 0 aliphatic carbocycles. The number of nitrogens with zero attached hydrogens (tertiary/aromatic N) is 5. The molecule has 25 heavy (non-hydrogen) atoms. The number of carbonyl (C=O) groups is 1. The lowest BCUT2D eigenvalue weighted by molar-refractivity contribution is -0.144. The van der Waals surface area contributed by atoms with Crippen molar-refractivity contribution in [2.24, 2.45) is 0 Å². The van der Waals surface area contributed by atoms with Gasteiger partial charge in [-0.3, -0.25) is 4.79 Å². The summed E-state index contributed by atoms with van der Waals surface area (Å²) in [5, 5.41) is 6.07. The molecule has 0 saturated carbocycles. The van der Waals surface area contributed by atoms with Crippen molar-refractivity contribution in [2.45, 2.75) is 26.4 Å². The van der Waals surface area contributed by atoms with Crippen molar-refractivity contribution >= 4 is 17.5 Å². The van der Waals surface area contributed by atoms with E-state index in [1.165, 1.54) is 6.20 Å². The SMILES string of the molecule is Cc1nc2nc(C(F)(F)F)nn2c(C)c1CC(=O)Nc1ccccn1. The summed E-state index contributed by atoms with van der Waals surface area (Å²) in [5.41, 5.74) is 1.28. The van der Waals surface area contributed by atoms with Crippen LogP contribution in [-0.2, 0) is 17.4 Å². The van der Waals surface area contributed by atoms with Gasteiger partial charge in [0.25, 0.3) is 11.6 Å². The number of aromatic nitrogens is 5. The Morgan fingerprint density at radius 1 is 1.24 bits per heavy atom. The van der Waals surface area contributed by atoms with Gasteiger partial charge in [0.05, 0.1) is 6.42 Å². The molecule has 0 radical (unpaired) electrons. The largest absolute Gasteiger partial charge is 0.453 e. The Labute approximate surface area is 139 Å². The lowest BCUT2D eigenvalue weighted by Gasteiger charge is -2.10. The van der Waals surface area contributed by atoms with Crippen molar-refractivity contribution in [1.82, 2.24) is 24.6 Å². The van der Waals surface area contributed by atoms with E-state index in [-0.39, 0.29) is 18.1 Å². The Balaban J connectivity index is 1.92. The molecular weight excluding hydrogens is 337 g/mol. The van der Waals surface area contributed by atoms with Crippen LogP contribution in [0.15, 0.2) is 24.4 Å². The first-order valence-electron chi connectivity index (χ1n) is 7.26. The number of hydrogen-bond acceptors (Lipinski definition) is 5. The molecular formula is C15H13F3N6O. The fraction of sp³-hybridized carbons (Fsp3) is 0.267. The predicted octanol–water partition coefficient (Wildman–Crippen LogP) is 2.34. The molecule has 10 heteroatoms. The normalized spacial score (nSPS) is 11.7. The first kappa shape index (κ1) is 16.8. The van der Waals surface area contributed by atoms with Gasteiger partial charge in [0.15, 0.2) is 0 Å². The standard InChI is InChI=1S/C15H13F3N6O/c1-8-10(7-12(25)21-11-5-3-4-6-19-11)9(2)24-14(20-8)22-13(23-24)15(16,17)18/h3-6H,7H2,1-2H3,(H,19,21,25). The maximum atomic E-state index is 12.8. The van der Waals surface area contributed by atoms with Gasteiger partial charge >= 0.3 is 6.18 Å². The molecule has 7 nitrogen and oxygen atoms in total. The summed E-state index contributed by atoms with van der Waals surface area (Å²) in [7, 11) is 0. The van der Waals surface area contributed by atoms with Crippen LogP contribution >= 0.6 is 0 Å². The van der Waals surface area contributed by atoms with Crippen molar-refractivity contribution in [2.75, 3.05) is 5.32 Å². The van der Waals surface area contributed by atoms with Crippen LogP contribution in [0.5, 0.6) is 0 Å². The number of anilines is 1. The van der Waals surface area contributed by atoms with Crippen molar-refractivity contribution in [3.63, 3.8) is 0 Å². The molecule has 1 N–H and O–H groups in total. The predicted molar refractivity (Wildman–Crippen MR) is 81.8 cm³/mol. The van der Waals surface area contributed by atoms with Crippen molar-refractivity contribution in [3.8, 4) is 0 Å². The molecule has 130 valence electrons.